The summed E-state index contributed by atoms with van der Waals surface area (Å²) in [5, 5.41) is 4.67. The second-order valence-electron chi connectivity index (χ2n) is 5.40. The standard InChI is InChI=1S/C17H27NOS/c1-4-14(13-9-6-7-11-16(13)19-3)18-15-10-8-12-17(15)20-5-2/h6-7,9,11,14-15,17-18H,4-5,8,10,12H2,1-3H3. The van der Waals surface area contributed by atoms with Gasteiger partial charge in [-0.05, 0) is 31.1 Å². The summed E-state index contributed by atoms with van der Waals surface area (Å²) in [4.78, 5) is 0. The summed E-state index contributed by atoms with van der Waals surface area (Å²) in [5.41, 5.74) is 1.30. The van der Waals surface area contributed by atoms with Gasteiger partial charge in [0.15, 0.2) is 0 Å². The molecule has 0 bridgehead atoms. The maximum absolute atomic E-state index is 5.52. The van der Waals surface area contributed by atoms with Gasteiger partial charge in [-0.1, -0.05) is 38.5 Å². The van der Waals surface area contributed by atoms with Gasteiger partial charge in [-0.2, -0.15) is 11.8 Å². The number of nitrogens with one attached hydrogen (secondary N) is 1. The normalized spacial score (nSPS) is 23.8. The van der Waals surface area contributed by atoms with Crippen LogP contribution in [0.3, 0.4) is 0 Å². The molecule has 2 nitrogen and oxygen atoms in total. The largest absolute Gasteiger partial charge is 0.496 e. The summed E-state index contributed by atoms with van der Waals surface area (Å²) in [6, 6.07) is 9.45. The fraction of sp³-hybridized carbons (Fsp3) is 0.647. The Morgan fingerprint density at radius 1 is 1.30 bits per heavy atom. The van der Waals surface area contributed by atoms with E-state index in [4.69, 9.17) is 4.74 Å². The first-order valence-corrected chi connectivity index (χ1v) is 8.85. The van der Waals surface area contributed by atoms with Gasteiger partial charge in [0.25, 0.3) is 0 Å². The molecule has 1 aromatic rings. The van der Waals surface area contributed by atoms with Crippen molar-refractivity contribution in [3.05, 3.63) is 29.8 Å². The van der Waals surface area contributed by atoms with Crippen molar-refractivity contribution >= 4 is 11.8 Å². The molecule has 1 saturated carbocycles. The highest BCUT2D eigenvalue weighted by molar-refractivity contribution is 7.99. The lowest BCUT2D eigenvalue weighted by atomic mass is 10.0. The maximum atomic E-state index is 5.52. The molecule has 2 rings (SSSR count). The van der Waals surface area contributed by atoms with Crippen molar-refractivity contribution < 1.29 is 4.74 Å². The molecule has 0 spiro atoms. The highest BCUT2D eigenvalue weighted by Crippen LogP contribution is 2.34. The second kappa shape index (κ2) is 7.94. The SMILES string of the molecule is CCSC1CCCC1NC(CC)c1ccccc1OC. The average Bonchev–Trinajstić information content (AvgIpc) is 2.92. The van der Waals surface area contributed by atoms with Gasteiger partial charge in [-0.15, -0.1) is 0 Å². The Hall–Kier alpha value is -0.670. The highest BCUT2D eigenvalue weighted by atomic mass is 32.2. The molecule has 3 heteroatoms. The van der Waals surface area contributed by atoms with Gasteiger partial charge < -0.3 is 10.1 Å². The molecule has 0 amide bonds. The number of para-hydroxylation sites is 1. The number of thioether (sulfide) groups is 1. The first-order chi connectivity index (χ1) is 9.80. The second-order valence-corrected chi connectivity index (χ2v) is 6.92. The van der Waals surface area contributed by atoms with E-state index in [1.807, 2.05) is 6.07 Å². The number of hydrogen-bond acceptors (Lipinski definition) is 3. The van der Waals surface area contributed by atoms with Gasteiger partial charge in [0.1, 0.15) is 5.75 Å². The lowest BCUT2D eigenvalue weighted by Gasteiger charge is -2.27. The zero-order chi connectivity index (χ0) is 14.4. The fourth-order valence-electron chi connectivity index (χ4n) is 3.17. The molecule has 0 aliphatic heterocycles. The minimum absolute atomic E-state index is 0.397. The molecule has 1 aliphatic rings. The van der Waals surface area contributed by atoms with Crippen LogP contribution in [-0.2, 0) is 0 Å². The topological polar surface area (TPSA) is 21.3 Å². The molecule has 1 aromatic carbocycles. The van der Waals surface area contributed by atoms with E-state index in [1.165, 1.54) is 30.6 Å². The van der Waals surface area contributed by atoms with Crippen molar-refractivity contribution in [2.24, 2.45) is 0 Å². The van der Waals surface area contributed by atoms with E-state index >= 15 is 0 Å². The van der Waals surface area contributed by atoms with E-state index in [2.05, 4.69) is 49.1 Å². The van der Waals surface area contributed by atoms with Crippen LogP contribution >= 0.6 is 11.8 Å². The molecule has 0 aromatic heterocycles. The Kier molecular flexibility index (Phi) is 6.24. The molecule has 1 aliphatic carbocycles. The first kappa shape index (κ1) is 15.7. The van der Waals surface area contributed by atoms with Crippen LogP contribution in [0.1, 0.15) is 51.1 Å². The number of benzene rings is 1. The maximum Gasteiger partial charge on any atom is 0.123 e. The summed E-state index contributed by atoms with van der Waals surface area (Å²) in [7, 11) is 1.76. The van der Waals surface area contributed by atoms with Crippen LogP contribution < -0.4 is 10.1 Å². The van der Waals surface area contributed by atoms with Crippen molar-refractivity contribution in [1.82, 2.24) is 5.32 Å². The van der Waals surface area contributed by atoms with Gasteiger partial charge in [0.2, 0.25) is 0 Å². The Labute approximate surface area is 127 Å². The van der Waals surface area contributed by atoms with Crippen molar-refractivity contribution in [1.29, 1.82) is 0 Å². The third-order valence-electron chi connectivity index (χ3n) is 4.17. The van der Waals surface area contributed by atoms with E-state index in [0.717, 1.165) is 17.4 Å². The summed E-state index contributed by atoms with van der Waals surface area (Å²) in [6.45, 7) is 4.51. The van der Waals surface area contributed by atoms with E-state index < -0.39 is 0 Å². The van der Waals surface area contributed by atoms with Crippen LogP contribution in [0.5, 0.6) is 5.75 Å². The smallest absolute Gasteiger partial charge is 0.123 e. The van der Waals surface area contributed by atoms with Crippen molar-refractivity contribution in [3.63, 3.8) is 0 Å². The Morgan fingerprint density at radius 2 is 2.10 bits per heavy atom. The lowest BCUT2D eigenvalue weighted by Crippen LogP contribution is -2.37. The third kappa shape index (κ3) is 3.70. The van der Waals surface area contributed by atoms with Crippen molar-refractivity contribution in [2.45, 2.75) is 56.9 Å². The van der Waals surface area contributed by atoms with Gasteiger partial charge >= 0.3 is 0 Å². The molecule has 112 valence electrons. The molecule has 3 atom stereocenters. The molecule has 0 heterocycles. The zero-order valence-corrected chi connectivity index (χ0v) is 13.7. The van der Waals surface area contributed by atoms with Crippen molar-refractivity contribution in [2.75, 3.05) is 12.9 Å². The van der Waals surface area contributed by atoms with Crippen LogP contribution in [0.25, 0.3) is 0 Å². The van der Waals surface area contributed by atoms with E-state index in [0.29, 0.717) is 12.1 Å². The third-order valence-corrected chi connectivity index (χ3v) is 5.50. The van der Waals surface area contributed by atoms with E-state index in [1.54, 1.807) is 7.11 Å². The molecular weight excluding hydrogens is 266 g/mol. The molecule has 1 N–H and O–H groups in total. The van der Waals surface area contributed by atoms with Crippen molar-refractivity contribution in [3.8, 4) is 5.75 Å². The summed E-state index contributed by atoms with van der Waals surface area (Å²) in [5.74, 6) is 2.22. The van der Waals surface area contributed by atoms with Gasteiger partial charge in [-0.25, -0.2) is 0 Å². The number of methoxy groups -OCH3 is 1. The minimum atomic E-state index is 0.397. The van der Waals surface area contributed by atoms with E-state index in [-0.39, 0.29) is 0 Å². The zero-order valence-electron chi connectivity index (χ0n) is 12.9. The van der Waals surface area contributed by atoms with Crippen LogP contribution in [0.15, 0.2) is 24.3 Å². The lowest BCUT2D eigenvalue weighted by molar-refractivity contribution is 0.384. The fourth-order valence-corrected chi connectivity index (χ4v) is 4.38. The summed E-state index contributed by atoms with van der Waals surface area (Å²) < 4.78 is 5.52. The molecular formula is C17H27NOS. The quantitative estimate of drug-likeness (QED) is 0.804. The molecule has 3 unspecified atom stereocenters. The molecule has 20 heavy (non-hydrogen) atoms. The van der Waals surface area contributed by atoms with Gasteiger partial charge in [-0.3, -0.25) is 0 Å². The van der Waals surface area contributed by atoms with E-state index in [9.17, 15) is 0 Å². The Balaban J connectivity index is 2.08. The number of rotatable bonds is 7. The summed E-state index contributed by atoms with van der Waals surface area (Å²) >= 11 is 2.11. The van der Waals surface area contributed by atoms with Crippen LogP contribution in [0.2, 0.25) is 0 Å². The molecule has 0 saturated heterocycles. The minimum Gasteiger partial charge on any atom is -0.496 e. The Morgan fingerprint density at radius 3 is 2.80 bits per heavy atom. The van der Waals surface area contributed by atoms with Gasteiger partial charge in [0, 0.05) is 22.9 Å². The predicted molar refractivity (Wildman–Crippen MR) is 88.7 cm³/mol. The highest BCUT2D eigenvalue weighted by Gasteiger charge is 2.29. The summed E-state index contributed by atoms with van der Waals surface area (Å²) in [6.07, 6.45) is 5.12. The number of hydrogen-bond donors (Lipinski definition) is 1. The average molecular weight is 293 g/mol. The van der Waals surface area contributed by atoms with Crippen LogP contribution in [0.4, 0.5) is 0 Å². The molecule has 0 radical (unpaired) electrons. The van der Waals surface area contributed by atoms with Gasteiger partial charge in [0.05, 0.1) is 7.11 Å². The monoisotopic (exact) mass is 293 g/mol. The van der Waals surface area contributed by atoms with Crippen LogP contribution in [-0.4, -0.2) is 24.2 Å². The predicted octanol–water partition coefficient (Wildman–Crippen LogP) is 4.41. The van der Waals surface area contributed by atoms with Crippen LogP contribution in [0, 0.1) is 0 Å². The Bertz CT molecular complexity index is 410. The molecule has 1 fully saturated rings. The first-order valence-electron chi connectivity index (χ1n) is 7.80. The number of ether oxygens (including phenoxy) is 1.